The van der Waals surface area contributed by atoms with Gasteiger partial charge in [-0.2, -0.15) is 4.98 Å². The average molecular weight is 582 g/mol. The quantitative estimate of drug-likeness (QED) is 0.206. The van der Waals surface area contributed by atoms with E-state index in [0.717, 1.165) is 23.2 Å². The molecule has 220 valence electrons. The van der Waals surface area contributed by atoms with E-state index in [1.807, 2.05) is 61.6 Å². The van der Waals surface area contributed by atoms with Crippen LogP contribution in [0.25, 0.3) is 16.8 Å². The third-order valence-corrected chi connectivity index (χ3v) is 6.67. The fraction of sp³-hybridized carbons (Fsp3) is 0.188. The number of hydrogen-bond donors (Lipinski definition) is 3. The summed E-state index contributed by atoms with van der Waals surface area (Å²) in [6.45, 7) is 1.29. The first kappa shape index (κ1) is 29.2. The van der Waals surface area contributed by atoms with Gasteiger partial charge in [0.25, 0.3) is 5.91 Å². The highest BCUT2D eigenvalue weighted by atomic mass is 19.1. The molecule has 2 amide bonds. The van der Waals surface area contributed by atoms with Crippen LogP contribution in [-0.4, -0.2) is 65.6 Å². The van der Waals surface area contributed by atoms with Gasteiger partial charge in [0.15, 0.2) is 5.65 Å². The highest BCUT2D eigenvalue weighted by molar-refractivity contribution is 5.95. The molecule has 3 aromatic carbocycles. The molecular formula is C32H32FN7O3. The Kier molecular flexibility index (Phi) is 8.92. The zero-order chi connectivity index (χ0) is 30.3. The topological polar surface area (TPSA) is 113 Å². The summed E-state index contributed by atoms with van der Waals surface area (Å²) in [5, 5.41) is 13.5. The van der Waals surface area contributed by atoms with Crippen LogP contribution in [0.4, 0.5) is 21.7 Å². The van der Waals surface area contributed by atoms with Crippen LogP contribution in [0.3, 0.4) is 0 Å². The van der Waals surface area contributed by atoms with Gasteiger partial charge in [0.2, 0.25) is 11.9 Å². The Morgan fingerprint density at radius 2 is 1.70 bits per heavy atom. The maximum atomic E-state index is 13.1. The van der Waals surface area contributed by atoms with E-state index in [0.29, 0.717) is 40.8 Å². The number of benzene rings is 3. The average Bonchev–Trinajstić information content (AvgIpc) is 3.40. The molecule has 3 N–H and O–H groups in total. The van der Waals surface area contributed by atoms with Crippen molar-refractivity contribution in [1.82, 2.24) is 24.8 Å². The lowest BCUT2D eigenvalue weighted by Crippen LogP contribution is -2.31. The van der Waals surface area contributed by atoms with Crippen LogP contribution in [0.5, 0.6) is 5.75 Å². The van der Waals surface area contributed by atoms with Crippen LogP contribution in [0.1, 0.15) is 15.9 Å². The summed E-state index contributed by atoms with van der Waals surface area (Å²) in [6, 6.07) is 22.3. The molecule has 10 nitrogen and oxygen atoms in total. The Bertz CT molecular complexity index is 1740. The number of likely N-dealkylation sites (N-methyl/N-ethyl adjacent to an activating group) is 1. The number of pyridine rings is 1. The predicted octanol–water partition coefficient (Wildman–Crippen LogP) is 4.76. The molecule has 0 aliphatic carbocycles. The minimum atomic E-state index is -0.333. The molecule has 0 spiro atoms. The Morgan fingerprint density at radius 1 is 0.953 bits per heavy atom. The molecule has 0 radical (unpaired) electrons. The highest BCUT2D eigenvalue weighted by Gasteiger charge is 2.13. The van der Waals surface area contributed by atoms with E-state index in [1.165, 1.54) is 12.1 Å². The number of carbonyl (C=O) groups is 2. The maximum Gasteiger partial charge on any atom is 0.251 e. The van der Waals surface area contributed by atoms with Crippen molar-refractivity contribution in [2.75, 3.05) is 44.9 Å². The first-order chi connectivity index (χ1) is 20.8. The SMILES string of the molecule is COc1cc(C(=O)NCCN(C)C)ccc1Nc1nc2ccc(-c3ccc(NC(=O)Cc4ccc(F)cc4)cc3)cn2n1. The monoisotopic (exact) mass is 581 g/mol. The third kappa shape index (κ3) is 7.52. The van der Waals surface area contributed by atoms with Crippen LogP contribution in [0.2, 0.25) is 0 Å². The van der Waals surface area contributed by atoms with Gasteiger partial charge in [-0.05, 0) is 79.8 Å². The number of aromatic nitrogens is 3. The van der Waals surface area contributed by atoms with Gasteiger partial charge in [-0.1, -0.05) is 24.3 Å². The van der Waals surface area contributed by atoms with Crippen LogP contribution in [-0.2, 0) is 11.2 Å². The van der Waals surface area contributed by atoms with Crippen molar-refractivity contribution >= 4 is 34.8 Å². The van der Waals surface area contributed by atoms with Gasteiger partial charge in [-0.3, -0.25) is 9.59 Å². The summed E-state index contributed by atoms with van der Waals surface area (Å²) >= 11 is 0. The number of carbonyl (C=O) groups excluding carboxylic acids is 2. The number of halogens is 1. The summed E-state index contributed by atoms with van der Waals surface area (Å²) in [6.07, 6.45) is 2.03. The van der Waals surface area contributed by atoms with Crippen LogP contribution in [0, 0.1) is 5.82 Å². The predicted molar refractivity (Wildman–Crippen MR) is 164 cm³/mol. The summed E-state index contributed by atoms with van der Waals surface area (Å²) in [5.41, 5.74) is 5.01. The van der Waals surface area contributed by atoms with Gasteiger partial charge in [-0.25, -0.2) is 8.91 Å². The van der Waals surface area contributed by atoms with Gasteiger partial charge in [0.1, 0.15) is 11.6 Å². The smallest absolute Gasteiger partial charge is 0.251 e. The molecule has 0 saturated heterocycles. The number of nitrogens with one attached hydrogen (secondary N) is 3. The Hall–Kier alpha value is -5.29. The second-order valence-electron chi connectivity index (χ2n) is 10.2. The molecule has 0 saturated carbocycles. The molecule has 5 rings (SSSR count). The molecule has 2 aromatic heterocycles. The number of hydrogen-bond acceptors (Lipinski definition) is 7. The minimum Gasteiger partial charge on any atom is -0.495 e. The fourth-order valence-corrected chi connectivity index (χ4v) is 4.40. The molecule has 0 atom stereocenters. The van der Waals surface area contributed by atoms with Crippen molar-refractivity contribution in [3.05, 3.63) is 102 Å². The molecule has 0 aliphatic rings. The van der Waals surface area contributed by atoms with E-state index < -0.39 is 0 Å². The van der Waals surface area contributed by atoms with E-state index >= 15 is 0 Å². The van der Waals surface area contributed by atoms with Crippen LogP contribution < -0.4 is 20.7 Å². The number of fused-ring (bicyclic) bond motifs is 1. The summed E-state index contributed by atoms with van der Waals surface area (Å²) in [4.78, 5) is 31.4. The molecule has 0 aliphatic heterocycles. The first-order valence-electron chi connectivity index (χ1n) is 13.7. The highest BCUT2D eigenvalue weighted by Crippen LogP contribution is 2.28. The summed E-state index contributed by atoms with van der Waals surface area (Å²) in [7, 11) is 5.44. The van der Waals surface area contributed by atoms with Crippen molar-refractivity contribution < 1.29 is 18.7 Å². The van der Waals surface area contributed by atoms with Gasteiger partial charge >= 0.3 is 0 Å². The maximum absolute atomic E-state index is 13.1. The largest absolute Gasteiger partial charge is 0.495 e. The summed E-state index contributed by atoms with van der Waals surface area (Å²) < 4.78 is 20.3. The molecule has 0 unspecified atom stereocenters. The van der Waals surface area contributed by atoms with Crippen molar-refractivity contribution in [3.63, 3.8) is 0 Å². The number of anilines is 3. The number of ether oxygens (including phenoxy) is 1. The van der Waals surface area contributed by atoms with Crippen molar-refractivity contribution in [1.29, 1.82) is 0 Å². The Balaban J connectivity index is 1.24. The van der Waals surface area contributed by atoms with Crippen molar-refractivity contribution in [2.24, 2.45) is 0 Å². The Morgan fingerprint density at radius 3 is 2.42 bits per heavy atom. The first-order valence-corrected chi connectivity index (χ1v) is 13.7. The molecule has 11 heteroatoms. The molecular weight excluding hydrogens is 549 g/mol. The van der Waals surface area contributed by atoms with Crippen molar-refractivity contribution in [2.45, 2.75) is 6.42 Å². The number of methoxy groups -OCH3 is 1. The van der Waals surface area contributed by atoms with Crippen LogP contribution in [0.15, 0.2) is 85.1 Å². The Labute approximate surface area is 248 Å². The van der Waals surface area contributed by atoms with Gasteiger partial charge < -0.3 is 25.6 Å². The normalized spacial score (nSPS) is 11.0. The van der Waals surface area contributed by atoms with E-state index in [2.05, 4.69) is 26.0 Å². The lowest BCUT2D eigenvalue weighted by Gasteiger charge is -2.12. The molecule has 5 aromatic rings. The van der Waals surface area contributed by atoms with Crippen molar-refractivity contribution in [3.8, 4) is 16.9 Å². The number of rotatable bonds is 11. The molecule has 0 fully saturated rings. The third-order valence-electron chi connectivity index (χ3n) is 6.67. The standard InChI is InChI=1S/C32H32FN7O3/c1-39(2)17-16-34-31(42)23-8-14-27(28(19-23)43-3)36-32-37-29-15-9-24(20-40(29)38-32)22-6-12-26(13-7-22)35-30(41)18-21-4-10-25(33)11-5-21/h4-15,19-20H,16-18H2,1-3H3,(H,34,42)(H,35,41)(H,36,38). The van der Waals surface area contributed by atoms with E-state index in [-0.39, 0.29) is 24.1 Å². The van der Waals surface area contributed by atoms with E-state index in [1.54, 1.807) is 42.0 Å². The number of nitrogens with zero attached hydrogens (tertiary/aromatic N) is 4. The molecule has 2 heterocycles. The zero-order valence-electron chi connectivity index (χ0n) is 24.1. The van der Waals surface area contributed by atoms with Gasteiger partial charge in [-0.15, -0.1) is 5.10 Å². The van der Waals surface area contributed by atoms with Crippen LogP contribution >= 0.6 is 0 Å². The lowest BCUT2D eigenvalue weighted by molar-refractivity contribution is -0.115. The molecule has 0 bridgehead atoms. The van der Waals surface area contributed by atoms with Gasteiger partial charge in [0.05, 0.1) is 19.2 Å². The lowest BCUT2D eigenvalue weighted by atomic mass is 10.1. The second-order valence-corrected chi connectivity index (χ2v) is 10.2. The van der Waals surface area contributed by atoms with E-state index in [4.69, 9.17) is 4.74 Å². The summed E-state index contributed by atoms with van der Waals surface area (Å²) in [5.74, 6) is 0.172. The minimum absolute atomic E-state index is 0.157. The second kappa shape index (κ2) is 13.1. The van der Waals surface area contributed by atoms with E-state index in [9.17, 15) is 14.0 Å². The fourth-order valence-electron chi connectivity index (χ4n) is 4.40. The zero-order valence-corrected chi connectivity index (χ0v) is 24.1. The van der Waals surface area contributed by atoms with Gasteiger partial charge in [0, 0.05) is 36.1 Å². The number of amides is 2. The molecule has 43 heavy (non-hydrogen) atoms.